The van der Waals surface area contributed by atoms with Crippen molar-refractivity contribution in [1.29, 1.82) is 0 Å². The molecular weight excluding hydrogens is 161 g/mol. The van der Waals surface area contributed by atoms with Gasteiger partial charge in [-0.3, -0.25) is 0 Å². The van der Waals surface area contributed by atoms with Crippen LogP contribution in [0.5, 0.6) is 0 Å². The van der Waals surface area contributed by atoms with Crippen LogP contribution in [0.2, 0.25) is 0 Å². The molecule has 0 radical (unpaired) electrons. The Labute approximate surface area is 50.1 Å². The predicted octanol–water partition coefficient (Wildman–Crippen LogP) is -4.43. The van der Waals surface area contributed by atoms with Gasteiger partial charge in [0.05, 0.1) is 11.9 Å². The Balaban J connectivity index is 0. The van der Waals surface area contributed by atoms with Crippen LogP contribution < -0.4 is 10.2 Å². The van der Waals surface area contributed by atoms with Crippen LogP contribution >= 0.6 is 0 Å². The number of carbonyl (C=O) groups is 2. The first kappa shape index (κ1) is 9.70. The average Bonchev–Trinajstić information content (AvgIpc) is 1.36. The van der Waals surface area contributed by atoms with Crippen molar-refractivity contribution in [2.75, 3.05) is 0 Å². The van der Waals surface area contributed by atoms with Crippen molar-refractivity contribution in [3.05, 3.63) is 0 Å². The van der Waals surface area contributed by atoms with Gasteiger partial charge in [-0.05, 0) is 0 Å². The Hall–Kier alpha value is -0.517. The van der Waals surface area contributed by atoms with Crippen LogP contribution in [0.25, 0.3) is 0 Å². The van der Waals surface area contributed by atoms with Crippen molar-refractivity contribution < 1.29 is 19.8 Å². The van der Waals surface area contributed by atoms with Crippen LogP contribution in [0, 0.1) is 0 Å². The number of carboxylic acids is 2. The van der Waals surface area contributed by atoms with Crippen LogP contribution in [-0.4, -0.2) is 29.5 Å². The number of hydrogen-bond donors (Lipinski definition) is 0. The third-order valence-electron chi connectivity index (χ3n) is 0.167. The first-order valence-corrected chi connectivity index (χ1v) is 1.07. The number of hydrogen-bond acceptors (Lipinski definition) is 4. The molecule has 0 aromatic rings. The van der Waals surface area contributed by atoms with Gasteiger partial charge < -0.3 is 19.8 Å². The van der Waals surface area contributed by atoms with Gasteiger partial charge in [-0.25, -0.2) is 0 Å². The molecule has 0 bridgehead atoms. The Bertz CT molecular complexity index is 75.7. The topological polar surface area (TPSA) is 80.3 Å². The fourth-order valence-electron chi connectivity index (χ4n) is 0. The fourth-order valence-corrected chi connectivity index (χ4v) is 0. The zero-order valence-electron chi connectivity index (χ0n) is 3.34. The van der Waals surface area contributed by atoms with Gasteiger partial charge in [0.25, 0.3) is 0 Å². The van der Waals surface area contributed by atoms with E-state index in [0.717, 1.165) is 0 Å². The van der Waals surface area contributed by atoms with E-state index in [-0.39, 0.29) is 17.6 Å². The summed E-state index contributed by atoms with van der Waals surface area (Å²) < 4.78 is 0. The second-order valence-corrected chi connectivity index (χ2v) is 0.575. The summed E-state index contributed by atoms with van der Waals surface area (Å²) in [6, 6.07) is 0. The Morgan fingerprint density at radius 3 is 1.14 bits per heavy atom. The second kappa shape index (κ2) is 3.67. The van der Waals surface area contributed by atoms with Gasteiger partial charge in [-0.2, -0.15) is 0 Å². The minimum absolute atomic E-state index is 0. The fraction of sp³-hybridized carbons (Fsp3) is 0. The summed E-state index contributed by atoms with van der Waals surface area (Å²) in [5, 5.41) is 17.9. The van der Waals surface area contributed by atoms with E-state index in [4.69, 9.17) is 19.8 Å². The van der Waals surface area contributed by atoms with Crippen molar-refractivity contribution in [2.45, 2.75) is 0 Å². The average molecular weight is 163 g/mol. The van der Waals surface area contributed by atoms with Gasteiger partial charge in [-0.15, -0.1) is 0 Å². The Kier molecular flexibility index (Phi) is 5.08. The molecule has 0 saturated carbocycles. The summed E-state index contributed by atoms with van der Waals surface area (Å²) in [5.41, 5.74) is 0. The quantitative estimate of drug-likeness (QED) is 0.266. The summed E-state index contributed by atoms with van der Waals surface area (Å²) in [5.74, 6) is -4.37. The van der Waals surface area contributed by atoms with Crippen molar-refractivity contribution in [2.24, 2.45) is 0 Å². The van der Waals surface area contributed by atoms with Crippen LogP contribution in [-0.2, 0) is 9.59 Å². The molecule has 0 atom stereocenters. The minimum atomic E-state index is -2.19. The third kappa shape index (κ3) is 5.48. The van der Waals surface area contributed by atoms with Crippen LogP contribution in [0.4, 0.5) is 0 Å². The summed E-state index contributed by atoms with van der Waals surface area (Å²) in [7, 11) is 0. The zero-order chi connectivity index (χ0) is 5.15. The van der Waals surface area contributed by atoms with Crippen molar-refractivity contribution in [3.63, 3.8) is 0 Å². The number of rotatable bonds is 0. The maximum absolute atomic E-state index is 8.93. The maximum atomic E-state index is 8.93. The van der Waals surface area contributed by atoms with Gasteiger partial charge in [0, 0.05) is 0 Å². The van der Waals surface area contributed by atoms with E-state index in [9.17, 15) is 0 Å². The standard InChI is InChI=1S/C2H2O4.GeH2/c3-1(4)2(5)6;/h(H,3,4)(H,5,6);1H2/q;+2/p-2. The molecule has 0 aliphatic carbocycles. The summed E-state index contributed by atoms with van der Waals surface area (Å²) in [6.45, 7) is 0. The van der Waals surface area contributed by atoms with Crippen molar-refractivity contribution in [3.8, 4) is 0 Å². The molecular formula is C2H2GeO4. The number of aliphatic carboxylic acids is 2. The summed E-state index contributed by atoms with van der Waals surface area (Å²) in [6.07, 6.45) is 0. The molecule has 0 aromatic heterocycles. The third-order valence-corrected chi connectivity index (χ3v) is 0.167. The molecule has 0 aliphatic rings. The predicted molar refractivity (Wildman–Crippen MR) is 18.6 cm³/mol. The first-order valence-electron chi connectivity index (χ1n) is 1.07. The van der Waals surface area contributed by atoms with Gasteiger partial charge >= 0.3 is 17.6 Å². The molecule has 38 valence electrons. The molecule has 0 amide bonds. The van der Waals surface area contributed by atoms with Gasteiger partial charge in [0.15, 0.2) is 0 Å². The van der Waals surface area contributed by atoms with E-state index in [1.165, 1.54) is 0 Å². The number of carbonyl (C=O) groups excluding carboxylic acids is 2. The molecule has 0 unspecified atom stereocenters. The van der Waals surface area contributed by atoms with Gasteiger partial charge in [-0.1, -0.05) is 0 Å². The number of carboxylic acid groups (broad SMARTS) is 2. The Morgan fingerprint density at radius 1 is 1.00 bits per heavy atom. The van der Waals surface area contributed by atoms with Crippen LogP contribution in [0.15, 0.2) is 0 Å². The van der Waals surface area contributed by atoms with E-state index in [2.05, 4.69) is 0 Å². The molecule has 0 aromatic carbocycles. The molecule has 5 heteroatoms. The molecule has 0 heterocycles. The molecule has 4 nitrogen and oxygen atoms in total. The van der Waals surface area contributed by atoms with Crippen molar-refractivity contribution >= 4 is 29.5 Å². The zero-order valence-corrected chi connectivity index (χ0v) is 6.31. The molecule has 0 rings (SSSR count). The van der Waals surface area contributed by atoms with Crippen LogP contribution in [0.3, 0.4) is 0 Å². The first-order chi connectivity index (χ1) is 2.64. The summed E-state index contributed by atoms with van der Waals surface area (Å²) >= 11 is 0. The molecule has 0 aliphatic heterocycles. The Morgan fingerprint density at radius 2 is 1.14 bits per heavy atom. The van der Waals surface area contributed by atoms with E-state index in [1.54, 1.807) is 0 Å². The molecule has 0 fully saturated rings. The van der Waals surface area contributed by atoms with E-state index < -0.39 is 11.9 Å². The summed E-state index contributed by atoms with van der Waals surface area (Å²) in [4.78, 5) is 17.9. The molecule has 0 N–H and O–H groups in total. The van der Waals surface area contributed by atoms with E-state index in [0.29, 0.717) is 0 Å². The molecule has 0 saturated heterocycles. The SMILES string of the molecule is O=C([O-])C(=O)[O-].[GeH2+2]. The van der Waals surface area contributed by atoms with Crippen molar-refractivity contribution in [1.82, 2.24) is 0 Å². The monoisotopic (exact) mass is 164 g/mol. The normalized spacial score (nSPS) is 6.29. The van der Waals surface area contributed by atoms with E-state index in [1.807, 2.05) is 0 Å². The van der Waals surface area contributed by atoms with Gasteiger partial charge in [0.2, 0.25) is 0 Å². The van der Waals surface area contributed by atoms with Crippen LogP contribution in [0.1, 0.15) is 0 Å². The molecule has 7 heavy (non-hydrogen) atoms. The second-order valence-electron chi connectivity index (χ2n) is 0.575. The molecule has 0 spiro atoms. The van der Waals surface area contributed by atoms with Gasteiger partial charge in [0.1, 0.15) is 0 Å². The van der Waals surface area contributed by atoms with E-state index >= 15 is 0 Å².